The summed E-state index contributed by atoms with van der Waals surface area (Å²) in [6.07, 6.45) is 0. The van der Waals surface area contributed by atoms with E-state index in [0.717, 1.165) is 5.56 Å². The van der Waals surface area contributed by atoms with E-state index in [1.165, 1.54) is 11.8 Å². The van der Waals surface area contributed by atoms with Crippen molar-refractivity contribution in [3.05, 3.63) is 47.5 Å². The van der Waals surface area contributed by atoms with Crippen LogP contribution in [0.2, 0.25) is 5.02 Å². The molecule has 7 nitrogen and oxygen atoms in total. The van der Waals surface area contributed by atoms with Gasteiger partial charge in [0.15, 0.2) is 11.0 Å². The van der Waals surface area contributed by atoms with Gasteiger partial charge in [0.05, 0.1) is 30.7 Å². The SMILES string of the molecule is CCn1c(SCC(=O)Nc2cc(OC)ccc2OC)nnc1-c1ccccc1Cl. The molecule has 0 saturated carbocycles. The molecular weight excluding hydrogens is 412 g/mol. The Hall–Kier alpha value is -2.71. The first-order valence-electron chi connectivity index (χ1n) is 8.90. The van der Waals surface area contributed by atoms with E-state index in [0.29, 0.717) is 39.7 Å². The number of nitrogens with zero attached hydrogens (tertiary/aromatic N) is 3. The van der Waals surface area contributed by atoms with Gasteiger partial charge in [-0.05, 0) is 31.2 Å². The van der Waals surface area contributed by atoms with Crippen LogP contribution in [0.25, 0.3) is 11.4 Å². The van der Waals surface area contributed by atoms with Crippen molar-refractivity contribution >= 4 is 35.0 Å². The summed E-state index contributed by atoms with van der Waals surface area (Å²) in [6.45, 7) is 2.65. The third kappa shape index (κ3) is 4.83. The Morgan fingerprint density at radius 3 is 2.66 bits per heavy atom. The van der Waals surface area contributed by atoms with Crippen LogP contribution < -0.4 is 14.8 Å². The molecule has 0 saturated heterocycles. The molecule has 0 aliphatic rings. The number of rotatable bonds is 8. The van der Waals surface area contributed by atoms with Crippen LogP contribution in [-0.2, 0) is 11.3 Å². The van der Waals surface area contributed by atoms with Crippen LogP contribution in [0.15, 0.2) is 47.6 Å². The quantitative estimate of drug-likeness (QED) is 0.532. The van der Waals surface area contributed by atoms with Crippen molar-refractivity contribution in [1.82, 2.24) is 14.8 Å². The second-order valence-electron chi connectivity index (χ2n) is 5.93. The van der Waals surface area contributed by atoms with Gasteiger partial charge >= 0.3 is 0 Å². The van der Waals surface area contributed by atoms with Gasteiger partial charge in [-0.15, -0.1) is 10.2 Å². The number of amides is 1. The van der Waals surface area contributed by atoms with E-state index < -0.39 is 0 Å². The van der Waals surface area contributed by atoms with Gasteiger partial charge in [0.25, 0.3) is 0 Å². The van der Waals surface area contributed by atoms with E-state index in [4.69, 9.17) is 21.1 Å². The smallest absolute Gasteiger partial charge is 0.234 e. The minimum atomic E-state index is -0.188. The molecule has 3 aromatic rings. The van der Waals surface area contributed by atoms with E-state index in [9.17, 15) is 4.79 Å². The summed E-state index contributed by atoms with van der Waals surface area (Å²) in [7, 11) is 3.11. The van der Waals surface area contributed by atoms with Crippen molar-refractivity contribution in [2.45, 2.75) is 18.6 Å². The topological polar surface area (TPSA) is 78.3 Å². The zero-order valence-corrected chi connectivity index (χ0v) is 17.9. The second-order valence-corrected chi connectivity index (χ2v) is 7.28. The maximum atomic E-state index is 12.5. The molecule has 0 unspecified atom stereocenters. The van der Waals surface area contributed by atoms with Crippen LogP contribution in [0.1, 0.15) is 6.92 Å². The molecule has 9 heteroatoms. The number of hydrogen-bond acceptors (Lipinski definition) is 6. The first-order chi connectivity index (χ1) is 14.1. The van der Waals surface area contributed by atoms with Crippen molar-refractivity contribution in [3.63, 3.8) is 0 Å². The molecule has 2 aromatic carbocycles. The molecule has 0 bridgehead atoms. The van der Waals surface area contributed by atoms with Gasteiger partial charge < -0.3 is 19.4 Å². The second kappa shape index (κ2) is 9.67. The molecule has 1 N–H and O–H groups in total. The highest BCUT2D eigenvalue weighted by molar-refractivity contribution is 7.99. The van der Waals surface area contributed by atoms with Gasteiger partial charge in [0.1, 0.15) is 11.5 Å². The number of hydrogen-bond donors (Lipinski definition) is 1. The molecule has 0 aliphatic carbocycles. The average molecular weight is 433 g/mol. The van der Waals surface area contributed by atoms with E-state index in [1.807, 2.05) is 35.8 Å². The Morgan fingerprint density at radius 1 is 1.17 bits per heavy atom. The van der Waals surface area contributed by atoms with Crippen molar-refractivity contribution in [3.8, 4) is 22.9 Å². The molecule has 0 fully saturated rings. The number of carbonyl (C=O) groups excluding carboxylic acids is 1. The number of anilines is 1. The van der Waals surface area contributed by atoms with Gasteiger partial charge in [0.2, 0.25) is 5.91 Å². The maximum Gasteiger partial charge on any atom is 0.234 e. The number of aromatic nitrogens is 3. The molecular formula is C20H21ClN4O3S. The molecule has 3 rings (SSSR count). The molecule has 1 aromatic heterocycles. The fourth-order valence-electron chi connectivity index (χ4n) is 2.75. The van der Waals surface area contributed by atoms with E-state index in [1.54, 1.807) is 32.4 Å². The molecule has 152 valence electrons. The Labute approximate surface area is 178 Å². The lowest BCUT2D eigenvalue weighted by Crippen LogP contribution is -2.15. The zero-order valence-electron chi connectivity index (χ0n) is 16.3. The highest BCUT2D eigenvalue weighted by atomic mass is 35.5. The number of halogens is 1. The fourth-order valence-corrected chi connectivity index (χ4v) is 3.77. The van der Waals surface area contributed by atoms with Crippen LogP contribution in [0, 0.1) is 0 Å². The number of thioether (sulfide) groups is 1. The lowest BCUT2D eigenvalue weighted by Gasteiger charge is -2.12. The fraction of sp³-hybridized carbons (Fsp3) is 0.250. The molecule has 29 heavy (non-hydrogen) atoms. The van der Waals surface area contributed by atoms with Gasteiger partial charge in [-0.3, -0.25) is 4.79 Å². The monoisotopic (exact) mass is 432 g/mol. The van der Waals surface area contributed by atoms with Crippen molar-refractivity contribution in [1.29, 1.82) is 0 Å². The highest BCUT2D eigenvalue weighted by Gasteiger charge is 2.17. The standard InChI is InChI=1S/C20H21ClN4O3S/c1-4-25-19(14-7-5-6-8-15(14)21)23-24-20(25)29-12-18(26)22-16-11-13(27-2)9-10-17(16)28-3/h5-11H,4,12H2,1-3H3,(H,22,26). The number of carbonyl (C=O) groups is 1. The van der Waals surface area contributed by atoms with Gasteiger partial charge in [-0.25, -0.2) is 0 Å². The lowest BCUT2D eigenvalue weighted by atomic mass is 10.2. The summed E-state index contributed by atoms with van der Waals surface area (Å²) in [5.41, 5.74) is 1.35. The molecule has 1 amide bonds. The van der Waals surface area contributed by atoms with Crippen LogP contribution in [-0.4, -0.2) is 40.6 Å². The van der Waals surface area contributed by atoms with Crippen molar-refractivity contribution < 1.29 is 14.3 Å². The van der Waals surface area contributed by atoms with Crippen molar-refractivity contribution in [2.24, 2.45) is 0 Å². The molecule has 0 atom stereocenters. The number of methoxy groups -OCH3 is 2. The predicted molar refractivity (Wildman–Crippen MR) is 115 cm³/mol. The lowest BCUT2D eigenvalue weighted by molar-refractivity contribution is -0.113. The largest absolute Gasteiger partial charge is 0.497 e. The van der Waals surface area contributed by atoms with Crippen LogP contribution in [0.5, 0.6) is 11.5 Å². The number of ether oxygens (including phenoxy) is 2. The molecule has 1 heterocycles. The minimum absolute atomic E-state index is 0.168. The third-order valence-corrected chi connectivity index (χ3v) is 5.46. The predicted octanol–water partition coefficient (Wildman–Crippen LogP) is 4.37. The maximum absolute atomic E-state index is 12.5. The minimum Gasteiger partial charge on any atom is -0.497 e. The van der Waals surface area contributed by atoms with Crippen LogP contribution in [0.3, 0.4) is 0 Å². The van der Waals surface area contributed by atoms with E-state index in [-0.39, 0.29) is 11.7 Å². The van der Waals surface area contributed by atoms with E-state index in [2.05, 4.69) is 15.5 Å². The highest BCUT2D eigenvalue weighted by Crippen LogP contribution is 2.31. The Balaban J connectivity index is 1.72. The zero-order chi connectivity index (χ0) is 20.8. The summed E-state index contributed by atoms with van der Waals surface area (Å²) >= 11 is 7.60. The summed E-state index contributed by atoms with van der Waals surface area (Å²) < 4.78 is 12.4. The van der Waals surface area contributed by atoms with Crippen LogP contribution in [0.4, 0.5) is 5.69 Å². The summed E-state index contributed by atoms with van der Waals surface area (Å²) in [6, 6.07) is 12.7. The van der Waals surface area contributed by atoms with Gasteiger partial charge in [-0.2, -0.15) is 0 Å². The van der Waals surface area contributed by atoms with Crippen LogP contribution >= 0.6 is 23.4 Å². The molecule has 0 spiro atoms. The Bertz CT molecular complexity index is 1010. The van der Waals surface area contributed by atoms with Gasteiger partial charge in [-0.1, -0.05) is 35.5 Å². The summed E-state index contributed by atoms with van der Waals surface area (Å²) in [4.78, 5) is 12.5. The number of benzene rings is 2. The normalized spacial score (nSPS) is 10.6. The Morgan fingerprint density at radius 2 is 1.97 bits per heavy atom. The van der Waals surface area contributed by atoms with Crippen molar-refractivity contribution in [2.75, 3.05) is 25.3 Å². The summed E-state index contributed by atoms with van der Waals surface area (Å²) in [5, 5.41) is 12.6. The van der Waals surface area contributed by atoms with E-state index >= 15 is 0 Å². The number of nitrogens with one attached hydrogen (secondary N) is 1. The third-order valence-electron chi connectivity index (χ3n) is 4.16. The molecule has 0 radical (unpaired) electrons. The average Bonchev–Trinajstić information content (AvgIpc) is 3.15. The van der Waals surface area contributed by atoms with Gasteiger partial charge in [0, 0.05) is 18.2 Å². The Kier molecular flexibility index (Phi) is 7.00. The first-order valence-corrected chi connectivity index (χ1v) is 10.3. The summed E-state index contributed by atoms with van der Waals surface area (Å²) in [5.74, 6) is 1.84. The first kappa shape index (κ1) is 21.0. The molecule has 0 aliphatic heterocycles.